The average molecular weight is 460 g/mol. The average Bonchev–Trinajstić information content (AvgIpc) is 3.10. The van der Waals surface area contributed by atoms with Crippen LogP contribution in [-0.4, -0.2) is 34.4 Å². The smallest absolute Gasteiger partial charge is 0.259 e. The third kappa shape index (κ3) is 5.49. The molecule has 1 aromatic heterocycles. The van der Waals surface area contributed by atoms with Gasteiger partial charge >= 0.3 is 0 Å². The molecule has 1 aromatic carbocycles. The van der Waals surface area contributed by atoms with Crippen LogP contribution in [0.4, 0.5) is 8.78 Å². The van der Waals surface area contributed by atoms with Crippen LogP contribution in [0.25, 0.3) is 0 Å². The number of carbonyl (C=O) groups is 2. The zero-order chi connectivity index (χ0) is 24.1. The van der Waals surface area contributed by atoms with Gasteiger partial charge in [0.25, 0.3) is 11.8 Å². The van der Waals surface area contributed by atoms with Crippen LogP contribution >= 0.6 is 0 Å². The molecule has 0 aliphatic carbocycles. The molecule has 8 heteroatoms. The normalized spacial score (nSPS) is 15.1. The standard InChI is InChI=1S/C25H31F2N3O3/c1-4-17(3)30-14-19(24(32)28-13-18-21(26)10-9-16(2)22(18)27)23(31)20(15-30)25(33)29-11-7-5-6-8-12-29/h9-10,14-15,17H,4-8,11-13H2,1-3H3,(H,28,32). The monoisotopic (exact) mass is 459 g/mol. The first-order valence-corrected chi connectivity index (χ1v) is 11.5. The minimum Gasteiger partial charge on any atom is -0.350 e. The molecule has 0 radical (unpaired) electrons. The molecule has 1 saturated heterocycles. The molecule has 1 atom stereocenters. The van der Waals surface area contributed by atoms with Crippen molar-refractivity contribution in [3.05, 3.63) is 68.6 Å². The fraction of sp³-hybridized carbons (Fsp3) is 0.480. The van der Waals surface area contributed by atoms with Crippen molar-refractivity contribution in [1.29, 1.82) is 0 Å². The van der Waals surface area contributed by atoms with Crippen LogP contribution in [0.3, 0.4) is 0 Å². The second kappa shape index (κ2) is 10.7. The summed E-state index contributed by atoms with van der Waals surface area (Å²) < 4.78 is 30.1. The van der Waals surface area contributed by atoms with Crippen LogP contribution < -0.4 is 10.7 Å². The molecule has 1 fully saturated rings. The predicted octanol–water partition coefficient (Wildman–Crippen LogP) is 4.35. The van der Waals surface area contributed by atoms with Crippen molar-refractivity contribution in [3.8, 4) is 0 Å². The zero-order valence-electron chi connectivity index (χ0n) is 19.4. The summed E-state index contributed by atoms with van der Waals surface area (Å²) in [4.78, 5) is 41.0. The number of pyridine rings is 1. The number of aromatic nitrogens is 1. The van der Waals surface area contributed by atoms with Crippen LogP contribution in [0.1, 0.15) is 83.8 Å². The lowest BCUT2D eigenvalue weighted by atomic mass is 10.1. The van der Waals surface area contributed by atoms with Crippen molar-refractivity contribution in [3.63, 3.8) is 0 Å². The molecule has 2 aromatic rings. The Hall–Kier alpha value is -3.03. The van der Waals surface area contributed by atoms with Gasteiger partial charge in [0.1, 0.15) is 22.8 Å². The van der Waals surface area contributed by atoms with Gasteiger partial charge in [-0.1, -0.05) is 25.8 Å². The second-order valence-corrected chi connectivity index (χ2v) is 8.67. The van der Waals surface area contributed by atoms with Crippen LogP contribution in [0.5, 0.6) is 0 Å². The van der Waals surface area contributed by atoms with Gasteiger partial charge in [-0.05, 0) is 44.7 Å². The van der Waals surface area contributed by atoms with Gasteiger partial charge in [0.05, 0.1) is 0 Å². The number of carbonyl (C=O) groups excluding carboxylic acids is 2. The summed E-state index contributed by atoms with van der Waals surface area (Å²) in [6.07, 6.45) is 7.47. The van der Waals surface area contributed by atoms with E-state index in [0.717, 1.165) is 38.2 Å². The first kappa shape index (κ1) is 24.6. The Morgan fingerprint density at radius 1 is 1.06 bits per heavy atom. The van der Waals surface area contributed by atoms with Gasteiger partial charge in [-0.15, -0.1) is 0 Å². The molecular formula is C25H31F2N3O3. The minimum atomic E-state index is -0.777. The summed E-state index contributed by atoms with van der Waals surface area (Å²) in [5, 5.41) is 2.45. The number of nitrogens with one attached hydrogen (secondary N) is 1. The van der Waals surface area contributed by atoms with Crippen LogP contribution in [0.15, 0.2) is 29.3 Å². The number of rotatable bonds is 6. The fourth-order valence-electron chi connectivity index (χ4n) is 3.96. The van der Waals surface area contributed by atoms with E-state index in [1.807, 2.05) is 13.8 Å². The Bertz CT molecular complexity index is 1090. The Morgan fingerprint density at radius 3 is 2.33 bits per heavy atom. The molecule has 6 nitrogen and oxygen atoms in total. The van der Waals surface area contributed by atoms with Crippen molar-refractivity contribution in [1.82, 2.24) is 14.8 Å². The van der Waals surface area contributed by atoms with Gasteiger partial charge in [-0.25, -0.2) is 8.78 Å². The second-order valence-electron chi connectivity index (χ2n) is 8.67. The lowest BCUT2D eigenvalue weighted by Crippen LogP contribution is -2.38. The van der Waals surface area contributed by atoms with E-state index < -0.39 is 29.5 Å². The number of hydrogen-bond acceptors (Lipinski definition) is 3. The number of halogens is 2. The Balaban J connectivity index is 1.94. The van der Waals surface area contributed by atoms with Crippen molar-refractivity contribution >= 4 is 11.8 Å². The summed E-state index contributed by atoms with van der Waals surface area (Å²) in [6.45, 7) is 6.12. The summed E-state index contributed by atoms with van der Waals surface area (Å²) >= 11 is 0. The van der Waals surface area contributed by atoms with Crippen molar-refractivity contribution < 1.29 is 18.4 Å². The molecule has 3 rings (SSSR count). The maximum absolute atomic E-state index is 14.3. The molecule has 1 unspecified atom stereocenters. The third-order valence-electron chi connectivity index (χ3n) is 6.32. The predicted molar refractivity (Wildman–Crippen MR) is 122 cm³/mol. The van der Waals surface area contributed by atoms with E-state index in [1.54, 1.807) is 9.47 Å². The van der Waals surface area contributed by atoms with E-state index in [9.17, 15) is 23.2 Å². The van der Waals surface area contributed by atoms with E-state index in [-0.39, 0.29) is 34.2 Å². The van der Waals surface area contributed by atoms with Crippen LogP contribution in [-0.2, 0) is 6.54 Å². The maximum atomic E-state index is 14.3. The number of amides is 2. The molecule has 0 spiro atoms. The van der Waals surface area contributed by atoms with Gasteiger partial charge in [0, 0.05) is 43.6 Å². The summed E-state index contributed by atoms with van der Waals surface area (Å²) in [7, 11) is 0. The molecule has 2 heterocycles. The summed E-state index contributed by atoms with van der Waals surface area (Å²) in [6, 6.07) is 2.40. The summed E-state index contributed by atoms with van der Waals surface area (Å²) in [5.41, 5.74) is -0.971. The molecular weight excluding hydrogens is 428 g/mol. The highest BCUT2D eigenvalue weighted by Crippen LogP contribution is 2.17. The lowest BCUT2D eigenvalue weighted by Gasteiger charge is -2.22. The van der Waals surface area contributed by atoms with E-state index >= 15 is 0 Å². The molecule has 1 aliphatic heterocycles. The maximum Gasteiger partial charge on any atom is 0.259 e. The van der Waals surface area contributed by atoms with Gasteiger partial charge in [-0.3, -0.25) is 14.4 Å². The Morgan fingerprint density at radius 2 is 1.70 bits per heavy atom. The zero-order valence-corrected chi connectivity index (χ0v) is 19.4. The number of hydrogen-bond donors (Lipinski definition) is 1. The SMILES string of the molecule is CCC(C)n1cc(C(=O)NCc2c(F)ccc(C)c2F)c(=O)c(C(=O)N2CCCCCC2)c1. The highest BCUT2D eigenvalue weighted by molar-refractivity contribution is 5.99. The topological polar surface area (TPSA) is 71.4 Å². The Labute approximate surface area is 192 Å². The van der Waals surface area contributed by atoms with E-state index in [2.05, 4.69) is 5.32 Å². The van der Waals surface area contributed by atoms with E-state index in [4.69, 9.17) is 0 Å². The van der Waals surface area contributed by atoms with Gasteiger partial charge in [0.2, 0.25) is 5.43 Å². The van der Waals surface area contributed by atoms with Gasteiger partial charge in [-0.2, -0.15) is 0 Å². The molecule has 0 saturated carbocycles. The molecule has 33 heavy (non-hydrogen) atoms. The van der Waals surface area contributed by atoms with Crippen LogP contribution in [0.2, 0.25) is 0 Å². The minimum absolute atomic E-state index is 0.0560. The first-order valence-electron chi connectivity index (χ1n) is 11.5. The quantitative estimate of drug-likeness (QED) is 0.698. The van der Waals surface area contributed by atoms with Crippen molar-refractivity contribution in [2.24, 2.45) is 0 Å². The molecule has 1 aliphatic rings. The number of likely N-dealkylation sites (tertiary alicyclic amines) is 1. The number of aryl methyl sites for hydroxylation is 1. The van der Waals surface area contributed by atoms with E-state index in [1.165, 1.54) is 25.4 Å². The molecule has 1 N–H and O–H groups in total. The van der Waals surface area contributed by atoms with Crippen molar-refractivity contribution in [2.75, 3.05) is 13.1 Å². The lowest BCUT2D eigenvalue weighted by molar-refractivity contribution is 0.0759. The third-order valence-corrected chi connectivity index (χ3v) is 6.32. The highest BCUT2D eigenvalue weighted by Gasteiger charge is 2.25. The fourth-order valence-corrected chi connectivity index (χ4v) is 3.96. The summed E-state index contributed by atoms with van der Waals surface area (Å²) in [5.74, 6) is -2.68. The molecule has 2 amide bonds. The first-order chi connectivity index (χ1) is 15.7. The largest absolute Gasteiger partial charge is 0.350 e. The van der Waals surface area contributed by atoms with Gasteiger partial charge < -0.3 is 14.8 Å². The Kier molecular flexibility index (Phi) is 8.00. The van der Waals surface area contributed by atoms with Gasteiger partial charge in [0.15, 0.2) is 0 Å². The number of nitrogens with zero attached hydrogens (tertiary/aromatic N) is 2. The highest BCUT2D eigenvalue weighted by atomic mass is 19.1. The van der Waals surface area contributed by atoms with Crippen molar-refractivity contribution in [2.45, 2.75) is 65.5 Å². The van der Waals surface area contributed by atoms with E-state index in [0.29, 0.717) is 13.1 Å². The van der Waals surface area contributed by atoms with Crippen LogP contribution in [0, 0.1) is 18.6 Å². The molecule has 178 valence electrons. The number of benzene rings is 1. The molecule has 0 bridgehead atoms.